The third kappa shape index (κ3) is 4.20. The topological polar surface area (TPSA) is 39.7 Å². The summed E-state index contributed by atoms with van der Waals surface area (Å²) >= 11 is 0. The third-order valence-electron chi connectivity index (χ3n) is 4.07. The molecule has 1 aliphatic heterocycles. The van der Waals surface area contributed by atoms with Crippen LogP contribution in [0.1, 0.15) is 37.4 Å². The lowest BCUT2D eigenvalue weighted by atomic mass is 10.1. The van der Waals surface area contributed by atoms with Crippen LogP contribution in [0.25, 0.3) is 0 Å². The Morgan fingerprint density at radius 3 is 2.54 bits per heavy atom. The average molecular weight is 327 g/mol. The fourth-order valence-corrected chi connectivity index (χ4v) is 2.64. The highest BCUT2D eigenvalue weighted by Crippen LogP contribution is 2.32. The van der Waals surface area contributed by atoms with Crippen LogP contribution >= 0.6 is 0 Å². The molecule has 0 spiro atoms. The van der Waals surface area contributed by atoms with Crippen LogP contribution in [0.5, 0.6) is 17.2 Å². The molecule has 0 saturated heterocycles. The lowest BCUT2D eigenvalue weighted by molar-refractivity contribution is 0.171. The van der Waals surface area contributed by atoms with Crippen molar-refractivity contribution in [2.75, 3.05) is 19.8 Å². The summed E-state index contributed by atoms with van der Waals surface area (Å²) in [6, 6.07) is 14.6. The molecule has 0 fully saturated rings. The van der Waals surface area contributed by atoms with E-state index in [-0.39, 0.29) is 6.04 Å². The van der Waals surface area contributed by atoms with E-state index in [1.54, 1.807) is 0 Å². The van der Waals surface area contributed by atoms with Gasteiger partial charge < -0.3 is 19.5 Å². The van der Waals surface area contributed by atoms with Crippen LogP contribution in [0.3, 0.4) is 0 Å². The van der Waals surface area contributed by atoms with Gasteiger partial charge in [0.05, 0.1) is 6.61 Å². The van der Waals surface area contributed by atoms with E-state index < -0.39 is 0 Å². The van der Waals surface area contributed by atoms with Crippen molar-refractivity contribution in [1.29, 1.82) is 0 Å². The number of nitrogens with one attached hydrogen (secondary N) is 1. The first-order valence-corrected chi connectivity index (χ1v) is 8.61. The predicted molar refractivity (Wildman–Crippen MR) is 94.9 cm³/mol. The minimum absolute atomic E-state index is 0.233. The summed E-state index contributed by atoms with van der Waals surface area (Å²) in [6.45, 7) is 7.08. The summed E-state index contributed by atoms with van der Waals surface area (Å²) in [4.78, 5) is 0. The standard InChI is InChI=1S/C20H25NO3/c1-3-10-22-18-7-4-16(5-8-18)14-21-15(2)17-6-9-19-20(13-17)24-12-11-23-19/h4-9,13,15,21H,3,10-12,14H2,1-2H3. The highest BCUT2D eigenvalue weighted by molar-refractivity contribution is 5.44. The van der Waals surface area contributed by atoms with Gasteiger partial charge in [-0.2, -0.15) is 0 Å². The molecule has 128 valence electrons. The molecule has 1 N–H and O–H groups in total. The van der Waals surface area contributed by atoms with Crippen molar-refractivity contribution in [2.45, 2.75) is 32.9 Å². The van der Waals surface area contributed by atoms with E-state index in [0.717, 1.165) is 36.8 Å². The number of rotatable bonds is 7. The molecule has 0 saturated carbocycles. The maximum atomic E-state index is 5.66. The molecule has 0 amide bonds. The van der Waals surface area contributed by atoms with Crippen LogP contribution in [-0.4, -0.2) is 19.8 Å². The van der Waals surface area contributed by atoms with Gasteiger partial charge in [-0.25, -0.2) is 0 Å². The van der Waals surface area contributed by atoms with Gasteiger partial charge in [0, 0.05) is 12.6 Å². The smallest absolute Gasteiger partial charge is 0.161 e. The third-order valence-corrected chi connectivity index (χ3v) is 4.07. The highest BCUT2D eigenvalue weighted by Gasteiger charge is 2.14. The highest BCUT2D eigenvalue weighted by atomic mass is 16.6. The maximum absolute atomic E-state index is 5.66. The molecule has 0 bridgehead atoms. The van der Waals surface area contributed by atoms with Crippen molar-refractivity contribution in [2.24, 2.45) is 0 Å². The minimum Gasteiger partial charge on any atom is -0.494 e. The van der Waals surface area contributed by atoms with Gasteiger partial charge >= 0.3 is 0 Å². The zero-order chi connectivity index (χ0) is 16.8. The first-order valence-electron chi connectivity index (χ1n) is 8.61. The lowest BCUT2D eigenvalue weighted by Crippen LogP contribution is -2.19. The van der Waals surface area contributed by atoms with Crippen molar-refractivity contribution in [3.05, 3.63) is 53.6 Å². The fourth-order valence-electron chi connectivity index (χ4n) is 2.64. The summed E-state index contributed by atoms with van der Waals surface area (Å²) in [5, 5.41) is 3.55. The summed E-state index contributed by atoms with van der Waals surface area (Å²) in [7, 11) is 0. The largest absolute Gasteiger partial charge is 0.494 e. The number of fused-ring (bicyclic) bond motifs is 1. The molecule has 0 aromatic heterocycles. The first kappa shape index (κ1) is 16.7. The number of hydrogen-bond acceptors (Lipinski definition) is 4. The molecule has 4 nitrogen and oxygen atoms in total. The van der Waals surface area contributed by atoms with Crippen LogP contribution in [-0.2, 0) is 6.54 Å². The van der Waals surface area contributed by atoms with Crippen LogP contribution in [0, 0.1) is 0 Å². The second kappa shape index (κ2) is 8.06. The van der Waals surface area contributed by atoms with Gasteiger partial charge in [-0.3, -0.25) is 0 Å². The molecule has 0 radical (unpaired) electrons. The zero-order valence-electron chi connectivity index (χ0n) is 14.4. The van der Waals surface area contributed by atoms with E-state index in [9.17, 15) is 0 Å². The summed E-state index contributed by atoms with van der Waals surface area (Å²) in [6.07, 6.45) is 1.02. The van der Waals surface area contributed by atoms with E-state index in [2.05, 4.69) is 43.4 Å². The minimum atomic E-state index is 0.233. The van der Waals surface area contributed by atoms with Gasteiger partial charge in [-0.15, -0.1) is 0 Å². The van der Waals surface area contributed by atoms with E-state index >= 15 is 0 Å². The van der Waals surface area contributed by atoms with Gasteiger partial charge in [0.1, 0.15) is 19.0 Å². The van der Waals surface area contributed by atoms with E-state index in [0.29, 0.717) is 13.2 Å². The Bertz CT molecular complexity index is 654. The van der Waals surface area contributed by atoms with Gasteiger partial charge in [0.15, 0.2) is 11.5 Å². The Hall–Kier alpha value is -2.20. The van der Waals surface area contributed by atoms with Crippen molar-refractivity contribution in [1.82, 2.24) is 5.32 Å². The van der Waals surface area contributed by atoms with Crippen molar-refractivity contribution < 1.29 is 14.2 Å². The Labute approximate surface area is 143 Å². The summed E-state index contributed by atoms with van der Waals surface area (Å²) in [5.74, 6) is 2.60. The molecule has 2 aromatic carbocycles. The van der Waals surface area contributed by atoms with E-state index in [1.165, 1.54) is 11.1 Å². The lowest BCUT2D eigenvalue weighted by Gasteiger charge is -2.21. The van der Waals surface area contributed by atoms with E-state index in [1.807, 2.05) is 18.2 Å². The van der Waals surface area contributed by atoms with Gasteiger partial charge in [0.2, 0.25) is 0 Å². The molecule has 3 rings (SSSR count). The SMILES string of the molecule is CCCOc1ccc(CNC(C)c2ccc3c(c2)OCCO3)cc1. The summed E-state index contributed by atoms with van der Waals surface area (Å²) in [5.41, 5.74) is 2.44. The molecule has 4 heteroatoms. The number of ether oxygens (including phenoxy) is 3. The van der Waals surface area contributed by atoms with E-state index in [4.69, 9.17) is 14.2 Å². The fraction of sp³-hybridized carbons (Fsp3) is 0.400. The van der Waals surface area contributed by atoms with Gasteiger partial charge in [0.25, 0.3) is 0 Å². The normalized spacial score (nSPS) is 14.2. The predicted octanol–water partition coefficient (Wildman–Crippen LogP) is 4.10. The molecule has 2 aromatic rings. The molecule has 24 heavy (non-hydrogen) atoms. The second-order valence-corrected chi connectivity index (χ2v) is 6.00. The van der Waals surface area contributed by atoms with Crippen molar-refractivity contribution in [3.63, 3.8) is 0 Å². The Morgan fingerprint density at radius 1 is 1.04 bits per heavy atom. The Balaban J connectivity index is 1.56. The first-order chi connectivity index (χ1) is 11.8. The quantitative estimate of drug-likeness (QED) is 0.831. The number of benzene rings is 2. The monoisotopic (exact) mass is 327 g/mol. The molecule has 1 unspecified atom stereocenters. The van der Waals surface area contributed by atoms with Gasteiger partial charge in [-0.05, 0) is 48.7 Å². The molecule has 0 aliphatic carbocycles. The van der Waals surface area contributed by atoms with Crippen molar-refractivity contribution >= 4 is 0 Å². The van der Waals surface area contributed by atoms with Crippen LogP contribution in [0.2, 0.25) is 0 Å². The molecule has 1 aliphatic rings. The Morgan fingerprint density at radius 2 is 1.79 bits per heavy atom. The molecular formula is C20H25NO3. The average Bonchev–Trinajstić information content (AvgIpc) is 2.65. The van der Waals surface area contributed by atoms with Gasteiger partial charge in [-0.1, -0.05) is 25.1 Å². The molecule has 1 heterocycles. The second-order valence-electron chi connectivity index (χ2n) is 6.00. The van der Waals surface area contributed by atoms with Crippen LogP contribution < -0.4 is 19.5 Å². The Kier molecular flexibility index (Phi) is 5.59. The molecule has 1 atom stereocenters. The maximum Gasteiger partial charge on any atom is 0.161 e. The van der Waals surface area contributed by atoms with Crippen molar-refractivity contribution in [3.8, 4) is 17.2 Å². The van der Waals surface area contributed by atoms with Crippen LogP contribution in [0.4, 0.5) is 0 Å². The zero-order valence-corrected chi connectivity index (χ0v) is 14.4. The van der Waals surface area contributed by atoms with Crippen LogP contribution in [0.15, 0.2) is 42.5 Å². The summed E-state index contributed by atoms with van der Waals surface area (Å²) < 4.78 is 16.8. The number of hydrogen-bond donors (Lipinski definition) is 1. The molecular weight excluding hydrogens is 302 g/mol.